The highest BCUT2D eigenvalue weighted by Crippen LogP contribution is 2.55. The van der Waals surface area contributed by atoms with Crippen molar-refractivity contribution in [1.29, 1.82) is 0 Å². The van der Waals surface area contributed by atoms with E-state index >= 15 is 0 Å². The molecule has 2 heterocycles. The zero-order chi connectivity index (χ0) is 66.1. The molecule has 0 aromatic heterocycles. The predicted octanol–water partition coefficient (Wildman–Crippen LogP) is 24.2. The van der Waals surface area contributed by atoms with Crippen molar-refractivity contribution in [3.8, 4) is 77.9 Å². The second kappa shape index (κ2) is 22.9. The molecule has 0 amide bonds. The Kier molecular flexibility index (Phi) is 14.1. The molecule has 0 fully saturated rings. The van der Waals surface area contributed by atoms with E-state index in [1.807, 2.05) is 0 Å². The number of rotatable bonds is 9. The Bertz CT molecular complexity index is 5410. The summed E-state index contributed by atoms with van der Waals surface area (Å²) in [6, 6.07) is 116. The lowest BCUT2D eigenvalue weighted by Crippen LogP contribution is -2.61. The largest absolute Gasteiger partial charge is 0.310 e. The van der Waals surface area contributed by atoms with Crippen molar-refractivity contribution in [2.24, 2.45) is 0 Å². The summed E-state index contributed by atoms with van der Waals surface area (Å²) in [6.07, 6.45) is 0. The topological polar surface area (TPSA) is 6.48 Å². The first-order valence-electron chi connectivity index (χ1n) is 34.5. The molecule has 0 saturated carbocycles. The zero-order valence-corrected chi connectivity index (χ0v) is 56.8. The number of anilines is 6. The zero-order valence-electron chi connectivity index (χ0n) is 56.8. The van der Waals surface area contributed by atoms with Gasteiger partial charge in [0.15, 0.2) is 0 Å². The number of nitrogens with zero attached hydrogens (tertiary/aromatic N) is 2. The minimum Gasteiger partial charge on any atom is -0.310 e. The molecule has 2 aliphatic rings. The molecule has 15 aromatic rings. The van der Waals surface area contributed by atoms with Gasteiger partial charge in [0, 0.05) is 45.0 Å². The van der Waals surface area contributed by atoms with E-state index in [9.17, 15) is 0 Å². The van der Waals surface area contributed by atoms with E-state index in [4.69, 9.17) is 0 Å². The molecule has 2 aliphatic heterocycles. The normalized spacial score (nSPS) is 12.9. The standard InChI is InChI=1S/C94H77BN2/c1-92(2,3)72-47-43-61(44-48-72)70-57-85-89-86(58-70)97(91-77(64-33-21-13-22-34-64)39-26-40-78(91)65-35-23-14-24-36-65)84-50-46-67(79-54-71-53-73(93(4,5)6)51-68-41-42-69-52-74(94(7,8)9)59-80(79)88(69)87(68)71)56-82(84)95(89)81-55-66(60-27-15-10-16-28-60)45-49-83(81)96(85)90-75(62-29-17-11-18-30-62)37-25-38-76(90)63-31-19-12-20-32-63/h10-59H,1-9H3. The second-order valence-electron chi connectivity index (χ2n) is 30.0. The summed E-state index contributed by atoms with van der Waals surface area (Å²) >= 11 is 0. The van der Waals surface area contributed by atoms with Gasteiger partial charge in [-0.1, -0.05) is 329 Å². The highest BCUT2D eigenvalue weighted by molar-refractivity contribution is 7.00. The summed E-state index contributed by atoms with van der Waals surface area (Å²) in [7, 11) is 0. The minimum atomic E-state index is -0.245. The molecule has 3 heteroatoms. The third-order valence-electron chi connectivity index (χ3n) is 20.8. The highest BCUT2D eigenvalue weighted by Gasteiger charge is 2.46. The van der Waals surface area contributed by atoms with Crippen LogP contribution < -0.4 is 26.2 Å². The average Bonchev–Trinajstić information content (AvgIpc) is 0.708. The molecule has 0 N–H and O–H groups in total. The monoisotopic (exact) mass is 1240 g/mol. The molecular formula is C94H77BN2. The van der Waals surface area contributed by atoms with Gasteiger partial charge in [-0.3, -0.25) is 0 Å². The summed E-state index contributed by atoms with van der Waals surface area (Å²) in [5.74, 6) is 0. The molecule has 97 heavy (non-hydrogen) atoms. The van der Waals surface area contributed by atoms with E-state index < -0.39 is 0 Å². The first-order valence-corrected chi connectivity index (χ1v) is 34.5. The van der Waals surface area contributed by atoms with Crippen LogP contribution in [0.3, 0.4) is 0 Å². The first-order chi connectivity index (χ1) is 47.0. The van der Waals surface area contributed by atoms with E-state index in [1.165, 1.54) is 87.6 Å². The van der Waals surface area contributed by atoms with Gasteiger partial charge in [-0.15, -0.1) is 0 Å². The summed E-state index contributed by atoms with van der Waals surface area (Å²) in [6.45, 7) is 20.8. The molecule has 0 spiro atoms. The molecule has 0 unspecified atom stereocenters. The van der Waals surface area contributed by atoms with Crippen LogP contribution in [-0.4, -0.2) is 6.71 Å². The molecule has 15 aromatic carbocycles. The van der Waals surface area contributed by atoms with Crippen molar-refractivity contribution in [2.45, 2.75) is 78.6 Å². The fourth-order valence-corrected chi connectivity index (χ4v) is 15.8. The molecule has 0 radical (unpaired) electrons. The number of hydrogen-bond acceptors (Lipinski definition) is 2. The Morgan fingerprint density at radius 1 is 0.237 bits per heavy atom. The lowest BCUT2D eigenvalue weighted by atomic mass is 9.33. The average molecular weight is 1250 g/mol. The molecule has 0 atom stereocenters. The smallest absolute Gasteiger partial charge is 0.252 e. The molecule has 466 valence electrons. The van der Waals surface area contributed by atoms with Crippen molar-refractivity contribution in [1.82, 2.24) is 0 Å². The van der Waals surface area contributed by atoms with Gasteiger partial charge in [0.2, 0.25) is 0 Å². The molecular weight excluding hydrogens is 1170 g/mol. The third kappa shape index (κ3) is 10.2. The summed E-state index contributed by atoms with van der Waals surface area (Å²) in [5.41, 5.74) is 30.7. The number of fused-ring (bicyclic) bond motifs is 4. The van der Waals surface area contributed by atoms with Crippen molar-refractivity contribution >= 4 is 89.5 Å². The van der Waals surface area contributed by atoms with E-state index in [2.05, 4.69) is 375 Å². The van der Waals surface area contributed by atoms with Crippen LogP contribution in [0.1, 0.15) is 79.0 Å². The Labute approximate surface area is 572 Å². The van der Waals surface area contributed by atoms with Gasteiger partial charge >= 0.3 is 0 Å². The fourth-order valence-electron chi connectivity index (χ4n) is 15.8. The van der Waals surface area contributed by atoms with E-state index in [0.717, 1.165) is 89.8 Å². The van der Waals surface area contributed by atoms with Crippen molar-refractivity contribution in [2.75, 3.05) is 9.80 Å². The molecule has 0 aliphatic carbocycles. The maximum absolute atomic E-state index is 2.69. The van der Waals surface area contributed by atoms with Crippen molar-refractivity contribution in [3.63, 3.8) is 0 Å². The molecule has 0 bridgehead atoms. The van der Waals surface area contributed by atoms with Crippen molar-refractivity contribution < 1.29 is 0 Å². The number of benzene rings is 15. The SMILES string of the molecule is CC(C)(C)c1ccc(-c2cc3c4c(c2)N(c2c(-c5ccccc5)cccc2-c2ccccc2)c2ccc(-c5cc6cc(C(C)(C)C)cc7ccc8cc(C(C)(C)C)cc5c8c76)cc2B4c2cc(-c4ccccc4)ccc2N3c2c(-c3ccccc3)cccc2-c2ccccc2)cc1. The Hall–Kier alpha value is -11.0. The predicted molar refractivity (Wildman–Crippen MR) is 418 cm³/mol. The molecule has 0 saturated heterocycles. The van der Waals surface area contributed by atoms with Gasteiger partial charge in [0.25, 0.3) is 6.71 Å². The minimum absolute atomic E-state index is 0.0306. The summed E-state index contributed by atoms with van der Waals surface area (Å²) in [4.78, 5) is 5.37. The molecule has 17 rings (SSSR count). The highest BCUT2D eigenvalue weighted by atomic mass is 15.2. The van der Waals surface area contributed by atoms with Crippen LogP contribution in [0.25, 0.3) is 110 Å². The number of hydrogen-bond donors (Lipinski definition) is 0. The van der Waals surface area contributed by atoms with Crippen LogP contribution in [0.15, 0.2) is 303 Å². The fraction of sp³-hybridized carbons (Fsp3) is 0.128. The van der Waals surface area contributed by atoms with E-state index in [1.54, 1.807) is 0 Å². The van der Waals surface area contributed by atoms with Crippen LogP contribution in [0, 0.1) is 0 Å². The van der Waals surface area contributed by atoms with Gasteiger partial charge in [-0.25, -0.2) is 0 Å². The van der Waals surface area contributed by atoms with Crippen LogP contribution in [0.5, 0.6) is 0 Å². The Balaban J connectivity index is 1.06. The quantitative estimate of drug-likeness (QED) is 0.105. The van der Waals surface area contributed by atoms with Crippen LogP contribution in [0.4, 0.5) is 34.1 Å². The van der Waals surface area contributed by atoms with Crippen LogP contribution in [0.2, 0.25) is 0 Å². The summed E-state index contributed by atoms with van der Waals surface area (Å²) < 4.78 is 0. The van der Waals surface area contributed by atoms with Crippen molar-refractivity contribution in [3.05, 3.63) is 320 Å². The third-order valence-corrected chi connectivity index (χ3v) is 20.8. The van der Waals surface area contributed by atoms with Gasteiger partial charge < -0.3 is 9.80 Å². The number of para-hydroxylation sites is 2. The Morgan fingerprint density at radius 2 is 0.608 bits per heavy atom. The van der Waals surface area contributed by atoms with Crippen LogP contribution >= 0.6 is 0 Å². The summed E-state index contributed by atoms with van der Waals surface area (Å²) in [5, 5.41) is 7.79. The lowest BCUT2D eigenvalue weighted by Gasteiger charge is -2.46. The Morgan fingerprint density at radius 3 is 1.05 bits per heavy atom. The van der Waals surface area contributed by atoms with Crippen LogP contribution in [-0.2, 0) is 16.2 Å². The maximum atomic E-state index is 2.69. The van der Waals surface area contributed by atoms with Gasteiger partial charge in [0.05, 0.1) is 11.4 Å². The van der Waals surface area contributed by atoms with E-state index in [0.29, 0.717) is 0 Å². The van der Waals surface area contributed by atoms with Gasteiger partial charge in [-0.2, -0.15) is 0 Å². The molecule has 2 nitrogen and oxygen atoms in total. The van der Waals surface area contributed by atoms with E-state index in [-0.39, 0.29) is 23.0 Å². The van der Waals surface area contributed by atoms with Gasteiger partial charge in [0.1, 0.15) is 0 Å². The second-order valence-corrected chi connectivity index (χ2v) is 30.0. The van der Waals surface area contributed by atoms with Gasteiger partial charge in [-0.05, 0) is 174 Å². The maximum Gasteiger partial charge on any atom is 0.252 e. The first kappa shape index (κ1) is 59.7. The lowest BCUT2D eigenvalue weighted by molar-refractivity contribution is 0.590.